The van der Waals surface area contributed by atoms with Gasteiger partial charge in [0, 0.05) is 56.1 Å². The third-order valence-corrected chi connectivity index (χ3v) is 9.10. The number of sulfone groups is 1. The Morgan fingerprint density at radius 2 is 1.79 bits per heavy atom. The van der Waals surface area contributed by atoms with E-state index in [0.29, 0.717) is 17.0 Å². The number of rotatable bonds is 9. The first-order valence-electron chi connectivity index (χ1n) is 14.1. The Hall–Kier alpha value is -3.99. The van der Waals surface area contributed by atoms with E-state index in [9.17, 15) is 23.1 Å². The number of aliphatic carboxylic acids is 1. The van der Waals surface area contributed by atoms with Crippen LogP contribution in [-0.2, 0) is 20.0 Å². The summed E-state index contributed by atoms with van der Waals surface area (Å²) in [5.74, 6) is -2.29. The third kappa shape index (κ3) is 6.51. The second-order valence-corrected chi connectivity index (χ2v) is 14.7. The highest BCUT2D eigenvalue weighted by molar-refractivity contribution is 7.90. The van der Waals surface area contributed by atoms with Crippen molar-refractivity contribution in [3.63, 3.8) is 0 Å². The zero-order valence-corrected chi connectivity index (χ0v) is 26.6. The molecular formula is C32H40N4O6S. The first-order chi connectivity index (χ1) is 20.1. The van der Waals surface area contributed by atoms with E-state index in [4.69, 9.17) is 4.74 Å². The predicted molar refractivity (Wildman–Crippen MR) is 165 cm³/mol. The zero-order valence-electron chi connectivity index (χ0n) is 25.7. The van der Waals surface area contributed by atoms with Crippen LogP contribution in [0.5, 0.6) is 5.75 Å². The highest BCUT2D eigenvalue weighted by Crippen LogP contribution is 2.53. The van der Waals surface area contributed by atoms with Gasteiger partial charge < -0.3 is 19.6 Å². The molecule has 2 heterocycles. The van der Waals surface area contributed by atoms with Crippen LogP contribution in [0.2, 0.25) is 0 Å². The van der Waals surface area contributed by atoms with E-state index in [-0.39, 0.29) is 23.8 Å². The Morgan fingerprint density at radius 3 is 2.30 bits per heavy atom. The van der Waals surface area contributed by atoms with Crippen LogP contribution in [0, 0.1) is 0 Å². The van der Waals surface area contributed by atoms with Crippen molar-refractivity contribution < 1.29 is 27.9 Å². The van der Waals surface area contributed by atoms with Crippen LogP contribution in [0.1, 0.15) is 72.8 Å². The molecule has 1 aliphatic rings. The number of anilines is 1. The molecule has 2 aromatic carbocycles. The second kappa shape index (κ2) is 11.9. The summed E-state index contributed by atoms with van der Waals surface area (Å²) in [6.07, 6.45) is 5.37. The number of amides is 1. The van der Waals surface area contributed by atoms with Crippen LogP contribution in [0.3, 0.4) is 0 Å². The molecule has 0 aliphatic carbocycles. The van der Waals surface area contributed by atoms with Crippen LogP contribution in [0.15, 0.2) is 61.1 Å². The fourth-order valence-electron chi connectivity index (χ4n) is 5.92. The Balaban J connectivity index is 1.98. The molecule has 11 heteroatoms. The smallest absolute Gasteiger partial charge is 0.329 e. The average molecular weight is 609 g/mol. The number of hydrogen-bond acceptors (Lipinski definition) is 8. The van der Waals surface area contributed by atoms with Gasteiger partial charge in [-0.2, -0.15) is 0 Å². The predicted octanol–water partition coefficient (Wildman–Crippen LogP) is 4.48. The number of likely N-dealkylation sites (tertiary alicyclic amines) is 1. The van der Waals surface area contributed by atoms with Gasteiger partial charge in [-0.05, 0) is 53.6 Å². The Kier molecular flexibility index (Phi) is 8.87. The minimum Gasteiger partial charge on any atom is -0.496 e. The molecule has 3 aromatic rings. The number of carboxylic acids is 1. The van der Waals surface area contributed by atoms with Gasteiger partial charge in [0.1, 0.15) is 21.1 Å². The van der Waals surface area contributed by atoms with E-state index in [1.54, 1.807) is 18.3 Å². The van der Waals surface area contributed by atoms with Crippen molar-refractivity contribution in [2.45, 2.75) is 56.5 Å². The molecule has 1 amide bonds. The zero-order chi connectivity index (χ0) is 31.7. The Labute approximate surface area is 253 Å². The molecule has 0 bridgehead atoms. The number of carboxylic acid groups (broad SMARTS) is 1. The van der Waals surface area contributed by atoms with Gasteiger partial charge in [-0.3, -0.25) is 14.8 Å². The lowest BCUT2D eigenvalue weighted by Gasteiger charge is -2.38. The lowest BCUT2D eigenvalue weighted by molar-refractivity contribution is -0.149. The van der Waals surface area contributed by atoms with Gasteiger partial charge in [-0.25, -0.2) is 13.2 Å². The standard InChI is InChI=1S/C32H40N4O6S/c1-31(2,3)25-13-10-22(18-27(25)42-6)29(37)36-28(21-8-11-23(12-9-21)35(4)5)24(26-20-33-15-16-34-26)19-32(36,30(38)39)14-17-43(7,40)41/h8-13,15-16,18,20,24,28H,14,17,19H2,1-7H3,(H,38,39)/t24-,28+,32-/m1/s1. The molecule has 10 nitrogen and oxygen atoms in total. The topological polar surface area (TPSA) is 130 Å². The van der Waals surface area contributed by atoms with Crippen molar-refractivity contribution in [2.24, 2.45) is 0 Å². The van der Waals surface area contributed by atoms with Crippen molar-refractivity contribution in [1.82, 2.24) is 14.9 Å². The number of hydrogen-bond donors (Lipinski definition) is 1. The van der Waals surface area contributed by atoms with Crippen LogP contribution >= 0.6 is 0 Å². The van der Waals surface area contributed by atoms with Crippen molar-refractivity contribution in [3.8, 4) is 5.75 Å². The summed E-state index contributed by atoms with van der Waals surface area (Å²) < 4.78 is 30.4. The van der Waals surface area contributed by atoms with Gasteiger partial charge >= 0.3 is 5.97 Å². The van der Waals surface area contributed by atoms with Gasteiger partial charge in [0.05, 0.1) is 24.6 Å². The Morgan fingerprint density at radius 1 is 1.12 bits per heavy atom. The van der Waals surface area contributed by atoms with E-state index in [0.717, 1.165) is 17.5 Å². The number of aromatic nitrogens is 2. The van der Waals surface area contributed by atoms with Gasteiger partial charge in [0.25, 0.3) is 5.91 Å². The maximum absolute atomic E-state index is 14.7. The van der Waals surface area contributed by atoms with Crippen LogP contribution in [0.4, 0.5) is 5.69 Å². The summed E-state index contributed by atoms with van der Waals surface area (Å²) in [4.78, 5) is 40.1. The normalized spacial score (nSPS) is 20.6. The average Bonchev–Trinajstić information content (AvgIpc) is 3.31. The molecule has 1 N–H and O–H groups in total. The maximum Gasteiger partial charge on any atom is 0.329 e. The first-order valence-corrected chi connectivity index (χ1v) is 16.1. The molecule has 230 valence electrons. The van der Waals surface area contributed by atoms with Gasteiger partial charge in [0.2, 0.25) is 0 Å². The molecule has 43 heavy (non-hydrogen) atoms. The number of carbonyl (C=O) groups is 2. The fourth-order valence-corrected chi connectivity index (χ4v) is 6.63. The quantitative estimate of drug-likeness (QED) is 0.374. The highest BCUT2D eigenvalue weighted by Gasteiger charge is 2.59. The van der Waals surface area contributed by atoms with E-state index in [1.807, 2.05) is 70.1 Å². The molecule has 1 saturated heterocycles. The van der Waals surface area contributed by atoms with Crippen LogP contribution in [-0.4, -0.2) is 79.0 Å². The molecule has 1 aromatic heterocycles. The Bertz CT molecular complexity index is 1590. The van der Waals surface area contributed by atoms with E-state index < -0.39 is 45.0 Å². The lowest BCUT2D eigenvalue weighted by atomic mass is 9.85. The molecule has 0 unspecified atom stereocenters. The summed E-state index contributed by atoms with van der Waals surface area (Å²) in [6.45, 7) is 6.10. The number of nitrogens with zero attached hydrogens (tertiary/aromatic N) is 4. The molecule has 0 radical (unpaired) electrons. The van der Waals surface area contributed by atoms with E-state index in [1.165, 1.54) is 24.4 Å². The summed E-state index contributed by atoms with van der Waals surface area (Å²) in [5, 5.41) is 10.9. The highest BCUT2D eigenvalue weighted by atomic mass is 32.2. The molecule has 0 saturated carbocycles. The van der Waals surface area contributed by atoms with Gasteiger partial charge in [-0.15, -0.1) is 0 Å². The molecule has 1 aliphatic heterocycles. The summed E-state index contributed by atoms with van der Waals surface area (Å²) >= 11 is 0. The van der Waals surface area contributed by atoms with Gasteiger partial charge in [0.15, 0.2) is 0 Å². The number of ether oxygens (including phenoxy) is 1. The molecule has 3 atom stereocenters. The fraction of sp³-hybridized carbons (Fsp3) is 0.438. The SMILES string of the molecule is COc1cc(C(=O)N2[C@@H](c3ccc(N(C)C)cc3)[C@@H](c3cnccn3)C[C@]2(CCS(C)(=O)=O)C(=O)O)ccc1C(C)(C)C. The van der Waals surface area contributed by atoms with E-state index >= 15 is 0 Å². The summed E-state index contributed by atoms with van der Waals surface area (Å²) in [5.41, 5.74) is 1.17. The summed E-state index contributed by atoms with van der Waals surface area (Å²) in [7, 11) is 1.79. The molecule has 1 fully saturated rings. The van der Waals surface area contributed by atoms with Crippen molar-refractivity contribution in [1.29, 1.82) is 0 Å². The molecule has 0 spiro atoms. The largest absolute Gasteiger partial charge is 0.496 e. The van der Waals surface area contributed by atoms with Crippen LogP contribution < -0.4 is 9.64 Å². The van der Waals surface area contributed by atoms with E-state index in [2.05, 4.69) is 9.97 Å². The minimum absolute atomic E-state index is 0.0421. The molecule has 4 rings (SSSR count). The monoisotopic (exact) mass is 608 g/mol. The second-order valence-electron chi connectivity index (χ2n) is 12.4. The van der Waals surface area contributed by atoms with Crippen LogP contribution in [0.25, 0.3) is 0 Å². The maximum atomic E-state index is 14.7. The van der Waals surface area contributed by atoms with Gasteiger partial charge in [-0.1, -0.05) is 39.0 Å². The number of carbonyl (C=O) groups excluding carboxylic acids is 1. The van der Waals surface area contributed by atoms with Crippen molar-refractivity contribution in [3.05, 3.63) is 83.4 Å². The van der Waals surface area contributed by atoms with Crippen molar-refractivity contribution >= 4 is 27.4 Å². The number of benzene rings is 2. The third-order valence-electron chi connectivity index (χ3n) is 8.15. The minimum atomic E-state index is -3.56. The lowest BCUT2D eigenvalue weighted by Crippen LogP contribution is -2.54. The first kappa shape index (κ1) is 31.9. The molecular weight excluding hydrogens is 568 g/mol. The summed E-state index contributed by atoms with van der Waals surface area (Å²) in [6, 6.07) is 11.9. The number of methoxy groups -OCH3 is 1. The van der Waals surface area contributed by atoms with Crippen molar-refractivity contribution in [2.75, 3.05) is 38.1 Å².